The highest BCUT2D eigenvalue weighted by Gasteiger charge is 2.20. The summed E-state index contributed by atoms with van der Waals surface area (Å²) in [6.45, 7) is 4.19. The van der Waals surface area contributed by atoms with E-state index in [1.807, 2.05) is 0 Å². The maximum Gasteiger partial charge on any atom is 0.139 e. The molecule has 0 aromatic heterocycles. The zero-order valence-corrected chi connectivity index (χ0v) is 12.3. The van der Waals surface area contributed by atoms with Gasteiger partial charge in [0, 0.05) is 19.2 Å². The Bertz CT molecular complexity index is 415. The molecule has 4 heteroatoms. The largest absolute Gasteiger partial charge is 0.397 e. The van der Waals surface area contributed by atoms with Gasteiger partial charge in [-0.05, 0) is 40.8 Å². The van der Waals surface area contributed by atoms with Crippen molar-refractivity contribution in [1.82, 2.24) is 0 Å². The fourth-order valence-electron chi connectivity index (χ4n) is 2.70. The number of hydrogen-bond acceptors (Lipinski definition) is 2. The van der Waals surface area contributed by atoms with E-state index in [9.17, 15) is 4.39 Å². The van der Waals surface area contributed by atoms with Gasteiger partial charge in [0.2, 0.25) is 0 Å². The first-order chi connectivity index (χ1) is 8.61. The highest BCUT2D eigenvalue weighted by atomic mass is 79.9. The van der Waals surface area contributed by atoms with Crippen molar-refractivity contribution in [3.05, 3.63) is 22.4 Å². The summed E-state index contributed by atoms with van der Waals surface area (Å²) < 4.78 is 14.0. The molecule has 0 saturated carbocycles. The Hall–Kier alpha value is -0.770. The first kappa shape index (κ1) is 13.7. The Morgan fingerprint density at radius 3 is 2.67 bits per heavy atom. The lowest BCUT2D eigenvalue weighted by molar-refractivity contribution is 0.378. The molecule has 1 aliphatic heterocycles. The Kier molecular flexibility index (Phi) is 4.49. The number of anilines is 2. The highest BCUT2D eigenvalue weighted by molar-refractivity contribution is 9.10. The highest BCUT2D eigenvalue weighted by Crippen LogP contribution is 2.32. The van der Waals surface area contributed by atoms with E-state index >= 15 is 0 Å². The van der Waals surface area contributed by atoms with Crippen LogP contribution in [0.15, 0.2) is 16.6 Å². The molecule has 0 unspecified atom stereocenters. The molecule has 18 heavy (non-hydrogen) atoms. The van der Waals surface area contributed by atoms with E-state index in [0.717, 1.165) is 24.7 Å². The average molecular weight is 315 g/mol. The van der Waals surface area contributed by atoms with E-state index < -0.39 is 0 Å². The maximum atomic E-state index is 13.6. The van der Waals surface area contributed by atoms with E-state index in [-0.39, 0.29) is 5.82 Å². The number of hydrogen-bond donors (Lipinski definition) is 1. The Morgan fingerprint density at radius 2 is 2.06 bits per heavy atom. The van der Waals surface area contributed by atoms with Gasteiger partial charge in [-0.15, -0.1) is 0 Å². The molecule has 1 fully saturated rings. The quantitative estimate of drug-likeness (QED) is 0.848. The predicted octanol–water partition coefficient (Wildman–Crippen LogP) is 4.19. The Labute approximate surface area is 116 Å². The Balaban J connectivity index is 2.07. The summed E-state index contributed by atoms with van der Waals surface area (Å²) in [5, 5.41) is 0. The smallest absolute Gasteiger partial charge is 0.139 e. The van der Waals surface area contributed by atoms with E-state index in [4.69, 9.17) is 5.73 Å². The lowest BCUT2D eigenvalue weighted by Gasteiger charge is -2.34. The minimum atomic E-state index is -0.241. The molecule has 1 saturated heterocycles. The van der Waals surface area contributed by atoms with Gasteiger partial charge < -0.3 is 10.6 Å². The van der Waals surface area contributed by atoms with Gasteiger partial charge in [0.1, 0.15) is 5.82 Å². The second-order valence-electron chi connectivity index (χ2n) is 5.04. The van der Waals surface area contributed by atoms with Gasteiger partial charge in [0.05, 0.1) is 15.8 Å². The van der Waals surface area contributed by atoms with Crippen LogP contribution < -0.4 is 10.6 Å². The van der Waals surface area contributed by atoms with Crippen LogP contribution in [0, 0.1) is 11.7 Å². The first-order valence-electron chi connectivity index (χ1n) is 6.61. The third-order valence-corrected chi connectivity index (χ3v) is 4.33. The fraction of sp³-hybridized carbons (Fsp3) is 0.571. The molecule has 0 amide bonds. The molecule has 0 bridgehead atoms. The molecule has 2 N–H and O–H groups in total. The molecular formula is C14H20BrFN2. The molecule has 1 aromatic carbocycles. The zero-order valence-electron chi connectivity index (χ0n) is 10.8. The summed E-state index contributed by atoms with van der Waals surface area (Å²) in [5.41, 5.74) is 7.46. The average Bonchev–Trinajstić information content (AvgIpc) is 2.35. The molecule has 2 nitrogen and oxygen atoms in total. The van der Waals surface area contributed by atoms with Gasteiger partial charge in [-0.3, -0.25) is 0 Å². The van der Waals surface area contributed by atoms with E-state index in [1.54, 1.807) is 12.1 Å². The third kappa shape index (κ3) is 2.97. The van der Waals surface area contributed by atoms with Gasteiger partial charge in [0.25, 0.3) is 0 Å². The molecular weight excluding hydrogens is 295 g/mol. The number of nitrogen functional groups attached to an aromatic ring is 1. The normalized spacial score (nSPS) is 17.2. The van der Waals surface area contributed by atoms with E-state index in [0.29, 0.717) is 10.2 Å². The molecule has 0 spiro atoms. The maximum absolute atomic E-state index is 13.6. The molecule has 2 rings (SSSR count). The zero-order chi connectivity index (χ0) is 13.1. The van der Waals surface area contributed by atoms with Crippen LogP contribution in [0.1, 0.15) is 32.6 Å². The topological polar surface area (TPSA) is 29.3 Å². The van der Waals surface area contributed by atoms with Crippen LogP contribution in [0.3, 0.4) is 0 Å². The number of piperidine rings is 1. The number of rotatable bonds is 3. The van der Waals surface area contributed by atoms with Crippen LogP contribution in [0.5, 0.6) is 0 Å². The van der Waals surface area contributed by atoms with Crippen LogP contribution in [0.25, 0.3) is 0 Å². The van der Waals surface area contributed by atoms with Crippen LogP contribution >= 0.6 is 15.9 Å². The van der Waals surface area contributed by atoms with Crippen molar-refractivity contribution in [1.29, 1.82) is 0 Å². The van der Waals surface area contributed by atoms with Crippen molar-refractivity contribution in [3.63, 3.8) is 0 Å². The Morgan fingerprint density at radius 1 is 1.39 bits per heavy atom. The molecule has 0 atom stereocenters. The lowest BCUT2D eigenvalue weighted by atomic mass is 9.92. The second-order valence-corrected chi connectivity index (χ2v) is 5.90. The first-order valence-corrected chi connectivity index (χ1v) is 7.40. The van der Waals surface area contributed by atoms with Crippen molar-refractivity contribution in [2.75, 3.05) is 23.7 Å². The number of halogens is 2. The monoisotopic (exact) mass is 314 g/mol. The number of nitrogens with two attached hydrogens (primary N) is 1. The standard InChI is InChI=1S/C14H20BrFN2/c1-2-3-10-4-6-18(7-5-10)14-9-12(16)11(15)8-13(14)17/h8-10H,2-7,17H2,1H3. The molecule has 0 radical (unpaired) electrons. The minimum absolute atomic E-state index is 0.241. The predicted molar refractivity (Wildman–Crippen MR) is 78.4 cm³/mol. The molecule has 1 aromatic rings. The van der Waals surface area contributed by atoms with Crippen molar-refractivity contribution >= 4 is 27.3 Å². The van der Waals surface area contributed by atoms with Gasteiger partial charge in [-0.1, -0.05) is 19.8 Å². The lowest BCUT2D eigenvalue weighted by Crippen LogP contribution is -2.34. The van der Waals surface area contributed by atoms with Gasteiger partial charge in [0.15, 0.2) is 0 Å². The number of benzene rings is 1. The van der Waals surface area contributed by atoms with Crippen LogP contribution in [0.4, 0.5) is 15.8 Å². The van der Waals surface area contributed by atoms with Crippen molar-refractivity contribution in [3.8, 4) is 0 Å². The summed E-state index contributed by atoms with van der Waals surface area (Å²) in [4.78, 5) is 2.21. The third-order valence-electron chi connectivity index (χ3n) is 3.72. The summed E-state index contributed by atoms with van der Waals surface area (Å²) in [6, 6.07) is 3.20. The summed E-state index contributed by atoms with van der Waals surface area (Å²) >= 11 is 3.16. The second kappa shape index (κ2) is 5.91. The van der Waals surface area contributed by atoms with Gasteiger partial charge in [-0.2, -0.15) is 0 Å². The summed E-state index contributed by atoms with van der Waals surface area (Å²) in [5.74, 6) is 0.586. The fourth-order valence-corrected chi connectivity index (χ4v) is 3.06. The van der Waals surface area contributed by atoms with E-state index in [1.165, 1.54) is 25.7 Å². The SMILES string of the molecule is CCCC1CCN(c2cc(F)c(Br)cc2N)CC1. The van der Waals surface area contributed by atoms with Crippen molar-refractivity contribution < 1.29 is 4.39 Å². The summed E-state index contributed by atoms with van der Waals surface area (Å²) in [6.07, 6.45) is 4.92. The molecule has 1 heterocycles. The van der Waals surface area contributed by atoms with Crippen LogP contribution in [0.2, 0.25) is 0 Å². The van der Waals surface area contributed by atoms with Crippen LogP contribution in [-0.2, 0) is 0 Å². The van der Waals surface area contributed by atoms with Crippen LogP contribution in [-0.4, -0.2) is 13.1 Å². The molecule has 100 valence electrons. The van der Waals surface area contributed by atoms with Gasteiger partial charge >= 0.3 is 0 Å². The minimum Gasteiger partial charge on any atom is -0.397 e. The number of nitrogens with zero attached hydrogens (tertiary/aromatic N) is 1. The molecule has 1 aliphatic rings. The summed E-state index contributed by atoms with van der Waals surface area (Å²) in [7, 11) is 0. The van der Waals surface area contributed by atoms with Gasteiger partial charge in [-0.25, -0.2) is 4.39 Å². The van der Waals surface area contributed by atoms with Crippen molar-refractivity contribution in [2.24, 2.45) is 5.92 Å². The van der Waals surface area contributed by atoms with E-state index in [2.05, 4.69) is 27.8 Å². The molecule has 0 aliphatic carbocycles. The van der Waals surface area contributed by atoms with Crippen molar-refractivity contribution in [2.45, 2.75) is 32.6 Å².